The lowest BCUT2D eigenvalue weighted by molar-refractivity contribution is -0.132. The van der Waals surface area contributed by atoms with Crippen molar-refractivity contribution < 1.29 is 24.2 Å². The van der Waals surface area contributed by atoms with Gasteiger partial charge in [0.1, 0.15) is 17.3 Å². The third-order valence-electron chi connectivity index (χ3n) is 6.73. The van der Waals surface area contributed by atoms with E-state index < -0.39 is 17.7 Å². The van der Waals surface area contributed by atoms with Crippen LogP contribution in [0.2, 0.25) is 0 Å². The van der Waals surface area contributed by atoms with Gasteiger partial charge in [-0.05, 0) is 67.3 Å². The molecule has 7 nitrogen and oxygen atoms in total. The van der Waals surface area contributed by atoms with Crippen LogP contribution < -0.4 is 14.4 Å². The van der Waals surface area contributed by atoms with Gasteiger partial charge in [0.05, 0.1) is 35.0 Å². The summed E-state index contributed by atoms with van der Waals surface area (Å²) in [5.41, 5.74) is 2.89. The molecule has 1 amide bonds. The first-order valence-corrected chi connectivity index (χ1v) is 14.4. The van der Waals surface area contributed by atoms with E-state index >= 15 is 0 Å². The predicted molar refractivity (Wildman–Crippen MR) is 158 cm³/mol. The molecule has 1 saturated heterocycles. The standard InChI is InChI=1S/C32H32N2O5S/c1-4-6-17-39-24-9-7-8-22(19-24)29(35)27-28(21-11-13-23(14-12-21)38-16-5-2)34(31(37)30(27)36)32-33-25-15-10-20(3)18-26(25)40-32/h7-15,18-19,28,35H,4-6,16-17H2,1-3H3/b29-27+. The number of hydrogen-bond acceptors (Lipinski definition) is 7. The van der Waals surface area contributed by atoms with Gasteiger partial charge in [0, 0.05) is 5.56 Å². The van der Waals surface area contributed by atoms with Gasteiger partial charge >= 0.3 is 5.91 Å². The van der Waals surface area contributed by atoms with Crippen LogP contribution in [-0.2, 0) is 9.59 Å². The molecule has 1 N–H and O–H groups in total. The summed E-state index contributed by atoms with van der Waals surface area (Å²) < 4.78 is 12.5. The summed E-state index contributed by atoms with van der Waals surface area (Å²) in [5.74, 6) is -0.474. The van der Waals surface area contributed by atoms with E-state index in [4.69, 9.17) is 14.5 Å². The van der Waals surface area contributed by atoms with Crippen molar-refractivity contribution >= 4 is 44.1 Å². The van der Waals surface area contributed by atoms with Crippen LogP contribution in [0.3, 0.4) is 0 Å². The zero-order valence-electron chi connectivity index (χ0n) is 22.8. The highest BCUT2D eigenvalue weighted by molar-refractivity contribution is 7.22. The molecule has 3 aromatic carbocycles. The highest BCUT2D eigenvalue weighted by atomic mass is 32.1. The van der Waals surface area contributed by atoms with E-state index in [2.05, 4.69) is 6.92 Å². The van der Waals surface area contributed by atoms with Crippen molar-refractivity contribution in [3.8, 4) is 11.5 Å². The normalized spacial score (nSPS) is 16.6. The van der Waals surface area contributed by atoms with Crippen LogP contribution in [0.5, 0.6) is 11.5 Å². The van der Waals surface area contributed by atoms with Gasteiger partial charge in [-0.2, -0.15) is 0 Å². The van der Waals surface area contributed by atoms with E-state index in [-0.39, 0.29) is 11.3 Å². The Morgan fingerprint density at radius 3 is 2.48 bits per heavy atom. The number of aryl methyl sites for hydroxylation is 1. The lowest BCUT2D eigenvalue weighted by Gasteiger charge is -2.23. The molecule has 5 rings (SSSR count). The Bertz CT molecular complexity index is 1570. The molecule has 1 unspecified atom stereocenters. The molecule has 40 heavy (non-hydrogen) atoms. The minimum atomic E-state index is -0.869. The minimum Gasteiger partial charge on any atom is -0.507 e. The van der Waals surface area contributed by atoms with Gasteiger partial charge in [0.15, 0.2) is 5.13 Å². The molecule has 4 aromatic rings. The molecular weight excluding hydrogens is 524 g/mol. The first kappa shape index (κ1) is 27.4. The number of benzene rings is 3. The van der Waals surface area contributed by atoms with Gasteiger partial charge in [-0.3, -0.25) is 14.5 Å². The summed E-state index contributed by atoms with van der Waals surface area (Å²) in [7, 11) is 0. The number of thiazole rings is 1. The van der Waals surface area contributed by atoms with E-state index in [1.54, 1.807) is 24.3 Å². The fraction of sp³-hybridized carbons (Fsp3) is 0.281. The number of carbonyl (C=O) groups is 2. The van der Waals surface area contributed by atoms with Crippen molar-refractivity contribution in [3.63, 3.8) is 0 Å². The van der Waals surface area contributed by atoms with Gasteiger partial charge in [0.2, 0.25) is 0 Å². The zero-order valence-corrected chi connectivity index (χ0v) is 23.7. The molecule has 0 saturated carbocycles. The van der Waals surface area contributed by atoms with E-state index in [1.807, 2.05) is 56.3 Å². The van der Waals surface area contributed by atoms with E-state index in [0.717, 1.165) is 35.0 Å². The Balaban J connectivity index is 1.62. The van der Waals surface area contributed by atoms with Gasteiger partial charge in [-0.15, -0.1) is 0 Å². The number of aliphatic hydroxyl groups is 1. The Labute approximate surface area is 237 Å². The highest BCUT2D eigenvalue weighted by Gasteiger charge is 2.48. The lowest BCUT2D eigenvalue weighted by Crippen LogP contribution is -2.29. The van der Waals surface area contributed by atoms with Gasteiger partial charge < -0.3 is 14.6 Å². The summed E-state index contributed by atoms with van der Waals surface area (Å²) in [6.07, 6.45) is 2.78. The van der Waals surface area contributed by atoms with Crippen molar-refractivity contribution in [2.75, 3.05) is 18.1 Å². The van der Waals surface area contributed by atoms with Gasteiger partial charge in [-0.1, -0.05) is 61.9 Å². The highest BCUT2D eigenvalue weighted by Crippen LogP contribution is 2.44. The molecule has 1 atom stereocenters. The van der Waals surface area contributed by atoms with Crippen LogP contribution in [-0.4, -0.2) is 35.0 Å². The first-order valence-electron chi connectivity index (χ1n) is 13.6. The number of fused-ring (bicyclic) bond motifs is 1. The predicted octanol–water partition coefficient (Wildman–Crippen LogP) is 7.20. The molecule has 8 heteroatoms. The fourth-order valence-corrected chi connectivity index (χ4v) is 5.75. The number of ether oxygens (including phenoxy) is 2. The van der Waals surface area contributed by atoms with E-state index in [9.17, 15) is 14.7 Å². The first-order chi connectivity index (χ1) is 19.4. The number of aliphatic hydroxyl groups excluding tert-OH is 1. The van der Waals surface area contributed by atoms with Crippen molar-refractivity contribution in [1.29, 1.82) is 0 Å². The molecule has 1 aromatic heterocycles. The Kier molecular flexibility index (Phi) is 8.16. The maximum absolute atomic E-state index is 13.6. The van der Waals surface area contributed by atoms with Crippen LogP contribution in [0.25, 0.3) is 16.0 Å². The molecule has 1 aliphatic heterocycles. The average molecular weight is 557 g/mol. The smallest absolute Gasteiger partial charge is 0.301 e. The Morgan fingerprint density at radius 2 is 1.73 bits per heavy atom. The molecule has 206 valence electrons. The maximum atomic E-state index is 13.6. The van der Waals surface area contributed by atoms with Crippen LogP contribution in [0.4, 0.5) is 5.13 Å². The molecule has 0 bridgehead atoms. The Hall–Kier alpha value is -4.17. The molecule has 1 aliphatic rings. The minimum absolute atomic E-state index is 0.00775. The number of ketones is 1. The molecule has 0 spiro atoms. The SMILES string of the molecule is CCCCOc1cccc(/C(O)=C2\C(=O)C(=O)N(c3nc4ccc(C)cc4s3)C2c2ccc(OCCC)cc2)c1. The average Bonchev–Trinajstić information content (AvgIpc) is 3.49. The molecule has 0 radical (unpaired) electrons. The summed E-state index contributed by atoms with van der Waals surface area (Å²) in [4.78, 5) is 33.2. The van der Waals surface area contributed by atoms with Crippen LogP contribution in [0, 0.1) is 6.92 Å². The second kappa shape index (κ2) is 11.9. The monoisotopic (exact) mass is 556 g/mol. The number of carbonyl (C=O) groups excluding carboxylic acids is 2. The number of rotatable bonds is 10. The number of amides is 1. The van der Waals surface area contributed by atoms with Crippen LogP contribution >= 0.6 is 11.3 Å². The summed E-state index contributed by atoms with van der Waals surface area (Å²) in [5, 5.41) is 11.9. The second-order valence-corrected chi connectivity index (χ2v) is 10.8. The number of Topliss-reactive ketones (excluding diaryl/α,β-unsaturated/α-hetero) is 1. The van der Waals surface area contributed by atoms with Crippen molar-refractivity contribution in [2.24, 2.45) is 0 Å². The zero-order chi connectivity index (χ0) is 28.2. The van der Waals surface area contributed by atoms with Crippen molar-refractivity contribution in [3.05, 3.63) is 89.0 Å². The number of nitrogens with zero attached hydrogens (tertiary/aromatic N) is 2. The number of hydrogen-bond donors (Lipinski definition) is 1. The topological polar surface area (TPSA) is 89.0 Å². The summed E-state index contributed by atoms with van der Waals surface area (Å²) in [6, 6.07) is 19.2. The number of anilines is 1. The molecule has 1 fully saturated rings. The van der Waals surface area contributed by atoms with E-state index in [0.29, 0.717) is 41.0 Å². The largest absolute Gasteiger partial charge is 0.507 e. The Morgan fingerprint density at radius 1 is 0.950 bits per heavy atom. The van der Waals surface area contributed by atoms with Crippen molar-refractivity contribution in [1.82, 2.24) is 4.98 Å². The third-order valence-corrected chi connectivity index (χ3v) is 7.74. The third kappa shape index (κ3) is 5.45. The number of unbranched alkanes of at least 4 members (excludes halogenated alkanes) is 1. The van der Waals surface area contributed by atoms with Gasteiger partial charge in [0.25, 0.3) is 5.78 Å². The summed E-state index contributed by atoms with van der Waals surface area (Å²) >= 11 is 1.34. The fourth-order valence-electron chi connectivity index (χ4n) is 4.66. The quantitative estimate of drug-likeness (QED) is 0.0962. The van der Waals surface area contributed by atoms with E-state index in [1.165, 1.54) is 16.2 Å². The molecular formula is C32H32N2O5S. The number of aromatic nitrogens is 1. The van der Waals surface area contributed by atoms with Crippen LogP contribution in [0.15, 0.2) is 72.3 Å². The van der Waals surface area contributed by atoms with Crippen molar-refractivity contribution in [2.45, 2.75) is 46.1 Å². The lowest BCUT2D eigenvalue weighted by atomic mass is 9.95. The molecule has 0 aliphatic carbocycles. The second-order valence-electron chi connectivity index (χ2n) is 9.78. The maximum Gasteiger partial charge on any atom is 0.301 e. The van der Waals surface area contributed by atoms with Crippen LogP contribution in [0.1, 0.15) is 55.8 Å². The van der Waals surface area contributed by atoms with Gasteiger partial charge in [-0.25, -0.2) is 4.98 Å². The summed E-state index contributed by atoms with van der Waals surface area (Å²) in [6.45, 7) is 7.24. The molecule has 2 heterocycles.